The minimum absolute atomic E-state index is 1.13. The molecule has 1 aromatic heterocycles. The molecular weight excluding hydrogens is 204 g/mol. The van der Waals surface area contributed by atoms with Crippen molar-refractivity contribution < 1.29 is 0 Å². The lowest BCUT2D eigenvalue weighted by Gasteiger charge is -2.02. The first-order valence-corrected chi connectivity index (χ1v) is 4.87. The molecule has 1 aliphatic heterocycles. The highest BCUT2D eigenvalue weighted by Crippen LogP contribution is 2.19. The van der Waals surface area contributed by atoms with Gasteiger partial charge in [0.1, 0.15) is 10.4 Å². The Morgan fingerprint density at radius 2 is 2.27 bits per heavy atom. The molecule has 0 aliphatic carbocycles. The van der Waals surface area contributed by atoms with Crippen LogP contribution in [0.1, 0.15) is 25.1 Å². The second kappa shape index (κ2) is 2.97. The first-order valence-electron chi connectivity index (χ1n) is 4.08. The average molecular weight is 215 g/mol. The van der Waals surface area contributed by atoms with Crippen molar-refractivity contribution in [3.05, 3.63) is 16.6 Å². The van der Waals surface area contributed by atoms with E-state index in [0.29, 0.717) is 0 Å². The minimum atomic E-state index is 1.13. The molecule has 1 aromatic rings. The molecule has 0 saturated heterocycles. The standard InChI is InChI=1S/C8H11BrN2/c9-7-6-10-8-4-2-1-3-5-11(7)8/h6H,1-5H2. The van der Waals surface area contributed by atoms with E-state index < -0.39 is 0 Å². The molecule has 2 nitrogen and oxygen atoms in total. The normalized spacial score (nSPS) is 17.5. The number of halogens is 1. The predicted octanol–water partition coefficient (Wildman–Crippen LogP) is 2.37. The van der Waals surface area contributed by atoms with Gasteiger partial charge in [-0.2, -0.15) is 0 Å². The molecule has 2 heterocycles. The fourth-order valence-corrected chi connectivity index (χ4v) is 2.04. The van der Waals surface area contributed by atoms with Crippen molar-refractivity contribution in [2.45, 2.75) is 32.2 Å². The van der Waals surface area contributed by atoms with Crippen molar-refractivity contribution in [3.8, 4) is 0 Å². The van der Waals surface area contributed by atoms with Crippen LogP contribution in [0.3, 0.4) is 0 Å². The molecule has 0 fully saturated rings. The van der Waals surface area contributed by atoms with Gasteiger partial charge in [-0.1, -0.05) is 6.42 Å². The Morgan fingerprint density at radius 1 is 1.36 bits per heavy atom. The number of hydrogen-bond acceptors (Lipinski definition) is 1. The van der Waals surface area contributed by atoms with Gasteiger partial charge >= 0.3 is 0 Å². The van der Waals surface area contributed by atoms with Gasteiger partial charge in [0.2, 0.25) is 0 Å². The zero-order valence-corrected chi connectivity index (χ0v) is 7.97. The summed E-state index contributed by atoms with van der Waals surface area (Å²) in [5.41, 5.74) is 0. The van der Waals surface area contributed by atoms with Gasteiger partial charge in [0.15, 0.2) is 0 Å². The van der Waals surface area contributed by atoms with Gasteiger partial charge < -0.3 is 4.57 Å². The van der Waals surface area contributed by atoms with E-state index >= 15 is 0 Å². The fourth-order valence-electron chi connectivity index (χ4n) is 1.56. The number of rotatable bonds is 0. The zero-order chi connectivity index (χ0) is 7.68. The van der Waals surface area contributed by atoms with Gasteiger partial charge in [-0.05, 0) is 28.8 Å². The Bertz CT molecular complexity index is 255. The van der Waals surface area contributed by atoms with Crippen molar-refractivity contribution in [3.63, 3.8) is 0 Å². The van der Waals surface area contributed by atoms with E-state index in [1.165, 1.54) is 25.1 Å². The molecule has 3 heteroatoms. The molecule has 0 saturated carbocycles. The van der Waals surface area contributed by atoms with Crippen molar-refractivity contribution in [1.82, 2.24) is 9.55 Å². The lowest BCUT2D eigenvalue weighted by atomic mass is 10.2. The number of aromatic nitrogens is 2. The summed E-state index contributed by atoms with van der Waals surface area (Å²) < 4.78 is 3.40. The summed E-state index contributed by atoms with van der Waals surface area (Å²) in [5, 5.41) is 0. The van der Waals surface area contributed by atoms with E-state index in [0.717, 1.165) is 17.6 Å². The molecule has 2 rings (SSSR count). The van der Waals surface area contributed by atoms with Crippen molar-refractivity contribution in [2.75, 3.05) is 0 Å². The highest BCUT2D eigenvalue weighted by Gasteiger charge is 2.10. The Balaban J connectivity index is 2.35. The molecule has 1 aliphatic rings. The number of hydrogen-bond donors (Lipinski definition) is 0. The van der Waals surface area contributed by atoms with Gasteiger partial charge in [-0.25, -0.2) is 4.98 Å². The maximum absolute atomic E-state index is 4.33. The fraction of sp³-hybridized carbons (Fsp3) is 0.625. The Hall–Kier alpha value is -0.310. The van der Waals surface area contributed by atoms with Crippen LogP contribution in [0.5, 0.6) is 0 Å². The first-order chi connectivity index (χ1) is 5.38. The Morgan fingerprint density at radius 3 is 3.18 bits per heavy atom. The maximum Gasteiger partial charge on any atom is 0.109 e. The SMILES string of the molecule is Brc1cnc2n1CCCCC2. The molecular formula is C8H11BrN2. The van der Waals surface area contributed by atoms with E-state index in [1.807, 2.05) is 6.20 Å². The van der Waals surface area contributed by atoms with Gasteiger partial charge in [0.05, 0.1) is 6.20 Å². The molecule has 60 valence electrons. The topological polar surface area (TPSA) is 17.8 Å². The summed E-state index contributed by atoms with van der Waals surface area (Å²) in [7, 11) is 0. The molecule has 0 unspecified atom stereocenters. The van der Waals surface area contributed by atoms with Crippen LogP contribution < -0.4 is 0 Å². The zero-order valence-electron chi connectivity index (χ0n) is 6.39. The summed E-state index contributed by atoms with van der Waals surface area (Å²) in [6, 6.07) is 0. The number of fused-ring (bicyclic) bond motifs is 1. The van der Waals surface area contributed by atoms with Crippen LogP contribution in [0.25, 0.3) is 0 Å². The van der Waals surface area contributed by atoms with Crippen molar-refractivity contribution in [1.29, 1.82) is 0 Å². The third kappa shape index (κ3) is 1.34. The summed E-state index contributed by atoms with van der Waals surface area (Å²) in [4.78, 5) is 4.33. The van der Waals surface area contributed by atoms with Crippen LogP contribution in [0, 0.1) is 0 Å². The van der Waals surface area contributed by atoms with Crippen LogP contribution in [0.4, 0.5) is 0 Å². The van der Waals surface area contributed by atoms with E-state index in [9.17, 15) is 0 Å². The van der Waals surface area contributed by atoms with Gasteiger partial charge in [0.25, 0.3) is 0 Å². The summed E-state index contributed by atoms with van der Waals surface area (Å²) in [6.45, 7) is 1.13. The third-order valence-corrected chi connectivity index (χ3v) is 2.80. The number of aryl methyl sites for hydroxylation is 1. The molecule has 0 atom stereocenters. The molecule has 0 N–H and O–H groups in total. The van der Waals surface area contributed by atoms with Crippen LogP contribution in [0.15, 0.2) is 10.8 Å². The lowest BCUT2D eigenvalue weighted by molar-refractivity contribution is 0.626. The van der Waals surface area contributed by atoms with Crippen LogP contribution >= 0.6 is 15.9 Å². The van der Waals surface area contributed by atoms with Gasteiger partial charge in [-0.3, -0.25) is 0 Å². The van der Waals surface area contributed by atoms with E-state index in [1.54, 1.807) is 0 Å². The summed E-state index contributed by atoms with van der Waals surface area (Å²) in [6.07, 6.45) is 6.98. The summed E-state index contributed by atoms with van der Waals surface area (Å²) in [5.74, 6) is 1.24. The lowest BCUT2D eigenvalue weighted by Crippen LogP contribution is -2.00. The molecule has 0 aromatic carbocycles. The monoisotopic (exact) mass is 214 g/mol. The third-order valence-electron chi connectivity index (χ3n) is 2.17. The average Bonchev–Trinajstić information content (AvgIpc) is 2.25. The van der Waals surface area contributed by atoms with Gasteiger partial charge in [0, 0.05) is 13.0 Å². The van der Waals surface area contributed by atoms with Crippen molar-refractivity contribution >= 4 is 15.9 Å². The molecule has 0 bridgehead atoms. The summed E-state index contributed by atoms with van der Waals surface area (Å²) >= 11 is 3.49. The molecule has 11 heavy (non-hydrogen) atoms. The predicted molar refractivity (Wildman–Crippen MR) is 47.5 cm³/mol. The second-order valence-electron chi connectivity index (χ2n) is 2.96. The molecule has 0 spiro atoms. The maximum atomic E-state index is 4.33. The van der Waals surface area contributed by atoms with Crippen LogP contribution in [0.2, 0.25) is 0 Å². The van der Waals surface area contributed by atoms with Gasteiger partial charge in [-0.15, -0.1) is 0 Å². The van der Waals surface area contributed by atoms with E-state index in [2.05, 4.69) is 25.5 Å². The number of nitrogens with zero attached hydrogens (tertiary/aromatic N) is 2. The Labute approximate surface area is 74.8 Å². The van der Waals surface area contributed by atoms with E-state index in [-0.39, 0.29) is 0 Å². The Kier molecular flexibility index (Phi) is 1.98. The van der Waals surface area contributed by atoms with E-state index in [4.69, 9.17) is 0 Å². The molecule has 0 radical (unpaired) electrons. The number of imidazole rings is 1. The minimum Gasteiger partial charge on any atom is -0.323 e. The molecule has 0 amide bonds. The second-order valence-corrected chi connectivity index (χ2v) is 3.77. The highest BCUT2D eigenvalue weighted by molar-refractivity contribution is 9.10. The first kappa shape index (κ1) is 7.35. The van der Waals surface area contributed by atoms with Crippen molar-refractivity contribution in [2.24, 2.45) is 0 Å². The largest absolute Gasteiger partial charge is 0.323 e. The quantitative estimate of drug-likeness (QED) is 0.649. The van der Waals surface area contributed by atoms with Crippen LogP contribution in [-0.2, 0) is 13.0 Å². The smallest absolute Gasteiger partial charge is 0.109 e. The van der Waals surface area contributed by atoms with Crippen LogP contribution in [-0.4, -0.2) is 9.55 Å². The highest BCUT2D eigenvalue weighted by atomic mass is 79.9.